The number of halogens is 1. The van der Waals surface area contributed by atoms with Gasteiger partial charge in [0, 0.05) is 24.0 Å². The molecule has 0 spiro atoms. The Balaban J connectivity index is 1.77. The third-order valence-electron chi connectivity index (χ3n) is 3.44. The van der Waals surface area contributed by atoms with E-state index in [2.05, 4.69) is 11.5 Å². The second kappa shape index (κ2) is 6.69. The second-order valence-corrected chi connectivity index (χ2v) is 5.10. The van der Waals surface area contributed by atoms with Crippen LogP contribution in [0.5, 0.6) is 5.75 Å². The number of piperidine rings is 1. The molecule has 1 aromatic carbocycles. The van der Waals surface area contributed by atoms with Gasteiger partial charge in [0.25, 0.3) is 0 Å². The smallest absolute Gasteiger partial charge is 0.119 e. The van der Waals surface area contributed by atoms with Crippen molar-refractivity contribution >= 4 is 11.6 Å². The van der Waals surface area contributed by atoms with Crippen molar-refractivity contribution < 1.29 is 4.74 Å². The van der Waals surface area contributed by atoms with Gasteiger partial charge in [0.15, 0.2) is 0 Å². The molecular weight excluding hydrogens is 246 g/mol. The van der Waals surface area contributed by atoms with E-state index in [4.69, 9.17) is 16.3 Å². The molecule has 1 heterocycles. The van der Waals surface area contributed by atoms with Crippen LogP contribution in [0.2, 0.25) is 5.02 Å². The molecule has 0 aromatic heterocycles. The molecule has 98 valence electrons. The van der Waals surface area contributed by atoms with Gasteiger partial charge in [0.05, 0.1) is 6.61 Å². The highest BCUT2D eigenvalue weighted by molar-refractivity contribution is 6.30. The minimum atomic E-state index is 0.587. The molecule has 0 bridgehead atoms. The molecule has 18 heavy (non-hydrogen) atoms. The molecule has 1 fully saturated rings. The molecule has 1 aliphatic heterocycles. The number of benzene rings is 1. The molecule has 0 aliphatic carbocycles. The predicted octanol–water partition coefficient (Wildman–Crippen LogP) is 4.11. The second-order valence-electron chi connectivity index (χ2n) is 4.66. The van der Waals surface area contributed by atoms with E-state index >= 15 is 0 Å². The van der Waals surface area contributed by atoms with E-state index in [1.165, 1.54) is 19.3 Å². The zero-order valence-electron chi connectivity index (χ0n) is 10.6. The first-order chi connectivity index (χ1) is 8.79. The Morgan fingerprint density at radius 2 is 2.11 bits per heavy atom. The molecule has 1 saturated heterocycles. The fraction of sp³-hybridized carbons (Fsp3) is 0.467. The number of ether oxygens (including phenoxy) is 1. The van der Waals surface area contributed by atoms with Crippen molar-refractivity contribution in [1.82, 2.24) is 4.90 Å². The van der Waals surface area contributed by atoms with Crippen LogP contribution in [0.25, 0.3) is 0 Å². The maximum absolute atomic E-state index is 5.83. The van der Waals surface area contributed by atoms with Crippen molar-refractivity contribution in [3.63, 3.8) is 0 Å². The van der Waals surface area contributed by atoms with Crippen LogP contribution in [-0.4, -0.2) is 24.1 Å². The summed E-state index contributed by atoms with van der Waals surface area (Å²) in [5.41, 5.74) is 0. The van der Waals surface area contributed by atoms with Gasteiger partial charge in [-0.25, -0.2) is 0 Å². The van der Waals surface area contributed by atoms with E-state index in [0.717, 1.165) is 30.3 Å². The van der Waals surface area contributed by atoms with E-state index < -0.39 is 0 Å². The van der Waals surface area contributed by atoms with Crippen molar-refractivity contribution in [3.8, 4) is 5.75 Å². The summed E-state index contributed by atoms with van der Waals surface area (Å²) in [6.07, 6.45) is 6.85. The summed E-state index contributed by atoms with van der Waals surface area (Å²) in [7, 11) is 0. The lowest BCUT2D eigenvalue weighted by atomic mass is 10.0. The molecule has 1 aromatic rings. The van der Waals surface area contributed by atoms with Gasteiger partial charge in [-0.2, -0.15) is 0 Å². The van der Waals surface area contributed by atoms with E-state index in [-0.39, 0.29) is 0 Å². The average molecular weight is 266 g/mol. The monoisotopic (exact) mass is 265 g/mol. The van der Waals surface area contributed by atoms with E-state index in [1.54, 1.807) is 0 Å². The molecule has 0 N–H and O–H groups in total. The topological polar surface area (TPSA) is 12.5 Å². The van der Waals surface area contributed by atoms with Crippen LogP contribution in [-0.2, 0) is 0 Å². The number of hydrogen-bond acceptors (Lipinski definition) is 2. The first kappa shape index (κ1) is 13.3. The third kappa shape index (κ3) is 3.67. The molecular formula is C15H20ClNO. The van der Waals surface area contributed by atoms with Crippen LogP contribution >= 0.6 is 11.6 Å². The third-order valence-corrected chi connectivity index (χ3v) is 3.69. The SMILES string of the molecule is C=CN1CCCCC1CCOc1ccc(Cl)cc1. The summed E-state index contributed by atoms with van der Waals surface area (Å²) in [6.45, 7) is 5.76. The molecule has 2 nitrogen and oxygen atoms in total. The van der Waals surface area contributed by atoms with Gasteiger partial charge in [0.1, 0.15) is 5.75 Å². The van der Waals surface area contributed by atoms with Gasteiger partial charge >= 0.3 is 0 Å². The van der Waals surface area contributed by atoms with Crippen LogP contribution in [0.4, 0.5) is 0 Å². The van der Waals surface area contributed by atoms with Crippen LogP contribution in [0, 0.1) is 0 Å². The summed E-state index contributed by atoms with van der Waals surface area (Å²) in [4.78, 5) is 2.34. The zero-order valence-corrected chi connectivity index (χ0v) is 11.4. The average Bonchev–Trinajstić information content (AvgIpc) is 2.41. The molecule has 2 rings (SSSR count). The highest BCUT2D eigenvalue weighted by atomic mass is 35.5. The molecule has 0 saturated carbocycles. The van der Waals surface area contributed by atoms with Crippen molar-refractivity contribution in [1.29, 1.82) is 0 Å². The number of likely N-dealkylation sites (tertiary alicyclic amines) is 1. The molecule has 0 amide bonds. The lowest BCUT2D eigenvalue weighted by molar-refractivity contribution is 0.174. The molecule has 1 unspecified atom stereocenters. The standard InChI is InChI=1S/C15H20ClNO/c1-2-17-11-4-3-5-14(17)10-12-18-15-8-6-13(16)7-9-15/h2,6-9,14H,1,3-5,10-12H2. The van der Waals surface area contributed by atoms with Crippen molar-refractivity contribution in [2.75, 3.05) is 13.2 Å². The molecule has 1 atom stereocenters. The van der Waals surface area contributed by atoms with Gasteiger partial charge in [-0.3, -0.25) is 0 Å². The maximum atomic E-state index is 5.83. The summed E-state index contributed by atoms with van der Waals surface area (Å²) in [5, 5.41) is 0.743. The predicted molar refractivity (Wildman–Crippen MR) is 76.1 cm³/mol. The summed E-state index contributed by atoms with van der Waals surface area (Å²) in [6, 6.07) is 8.12. The Kier molecular flexibility index (Phi) is 4.94. The Labute approximate surface area is 114 Å². The van der Waals surface area contributed by atoms with Gasteiger partial charge < -0.3 is 9.64 Å². The Morgan fingerprint density at radius 1 is 1.33 bits per heavy atom. The van der Waals surface area contributed by atoms with Gasteiger partial charge in [-0.1, -0.05) is 18.2 Å². The first-order valence-corrected chi connectivity index (χ1v) is 6.94. The Bertz CT molecular complexity index is 377. The quantitative estimate of drug-likeness (QED) is 0.795. The fourth-order valence-corrected chi connectivity index (χ4v) is 2.54. The number of rotatable bonds is 5. The van der Waals surface area contributed by atoms with Crippen LogP contribution in [0.3, 0.4) is 0 Å². The van der Waals surface area contributed by atoms with Gasteiger partial charge in [-0.05, 0) is 49.7 Å². The first-order valence-electron chi connectivity index (χ1n) is 6.56. The highest BCUT2D eigenvalue weighted by Crippen LogP contribution is 2.21. The highest BCUT2D eigenvalue weighted by Gasteiger charge is 2.18. The minimum Gasteiger partial charge on any atom is -0.494 e. The van der Waals surface area contributed by atoms with E-state index in [1.807, 2.05) is 30.5 Å². The Morgan fingerprint density at radius 3 is 2.83 bits per heavy atom. The summed E-state index contributed by atoms with van der Waals surface area (Å²) >= 11 is 5.83. The maximum Gasteiger partial charge on any atom is 0.119 e. The summed E-state index contributed by atoms with van der Waals surface area (Å²) in [5.74, 6) is 0.889. The molecule has 3 heteroatoms. The van der Waals surface area contributed by atoms with Gasteiger partial charge in [0.2, 0.25) is 0 Å². The molecule has 1 aliphatic rings. The van der Waals surface area contributed by atoms with Crippen LogP contribution in [0.15, 0.2) is 37.0 Å². The molecule has 0 radical (unpaired) electrons. The zero-order chi connectivity index (χ0) is 12.8. The Hall–Kier alpha value is -1.15. The number of nitrogens with zero attached hydrogens (tertiary/aromatic N) is 1. The largest absolute Gasteiger partial charge is 0.494 e. The van der Waals surface area contributed by atoms with Crippen LogP contribution in [0.1, 0.15) is 25.7 Å². The normalized spacial score (nSPS) is 19.6. The van der Waals surface area contributed by atoms with E-state index in [0.29, 0.717) is 6.04 Å². The fourth-order valence-electron chi connectivity index (χ4n) is 2.42. The lowest BCUT2D eigenvalue weighted by Crippen LogP contribution is -2.36. The number of hydrogen-bond donors (Lipinski definition) is 0. The lowest BCUT2D eigenvalue weighted by Gasteiger charge is -2.34. The van der Waals surface area contributed by atoms with Crippen LogP contribution < -0.4 is 4.74 Å². The van der Waals surface area contributed by atoms with Crippen molar-refractivity contribution in [2.45, 2.75) is 31.7 Å². The van der Waals surface area contributed by atoms with Crippen molar-refractivity contribution in [2.24, 2.45) is 0 Å². The summed E-state index contributed by atoms with van der Waals surface area (Å²) < 4.78 is 5.74. The van der Waals surface area contributed by atoms with Crippen molar-refractivity contribution in [3.05, 3.63) is 42.1 Å². The van der Waals surface area contributed by atoms with Gasteiger partial charge in [-0.15, -0.1) is 0 Å². The minimum absolute atomic E-state index is 0.587. The van der Waals surface area contributed by atoms with E-state index in [9.17, 15) is 0 Å².